The lowest BCUT2D eigenvalue weighted by Crippen LogP contribution is -2.41. The molecular formula is C13H22N4O. The summed E-state index contributed by atoms with van der Waals surface area (Å²) in [5.41, 5.74) is 7.00. The molecule has 0 saturated carbocycles. The molecule has 1 aliphatic heterocycles. The normalized spacial score (nSPS) is 19.1. The van der Waals surface area contributed by atoms with Gasteiger partial charge in [-0.3, -0.25) is 4.90 Å². The molecule has 0 amide bonds. The fraction of sp³-hybridized carbons (Fsp3) is 0.692. The molecule has 1 aliphatic rings. The fourth-order valence-electron chi connectivity index (χ4n) is 2.20. The third-order valence-corrected chi connectivity index (χ3v) is 3.30. The molecule has 0 aliphatic carbocycles. The Morgan fingerprint density at radius 1 is 1.28 bits per heavy atom. The molecule has 0 spiro atoms. The van der Waals surface area contributed by atoms with E-state index in [-0.39, 0.29) is 6.04 Å². The van der Waals surface area contributed by atoms with Gasteiger partial charge in [0, 0.05) is 43.5 Å². The van der Waals surface area contributed by atoms with Crippen LogP contribution in [-0.2, 0) is 4.74 Å². The number of hydrogen-bond donors (Lipinski definition) is 1. The van der Waals surface area contributed by atoms with Crippen molar-refractivity contribution in [2.45, 2.75) is 25.8 Å². The van der Waals surface area contributed by atoms with Gasteiger partial charge in [-0.1, -0.05) is 13.8 Å². The van der Waals surface area contributed by atoms with Crippen molar-refractivity contribution >= 4 is 0 Å². The first-order chi connectivity index (χ1) is 8.72. The molecule has 1 unspecified atom stereocenters. The monoisotopic (exact) mass is 250 g/mol. The minimum atomic E-state index is 0.204. The van der Waals surface area contributed by atoms with E-state index in [0.717, 1.165) is 37.7 Å². The third-order valence-electron chi connectivity index (χ3n) is 3.30. The highest BCUT2D eigenvalue weighted by Gasteiger charge is 2.22. The van der Waals surface area contributed by atoms with Gasteiger partial charge in [-0.25, -0.2) is 9.97 Å². The molecule has 5 heteroatoms. The van der Waals surface area contributed by atoms with Crippen molar-refractivity contribution in [3.05, 3.63) is 23.8 Å². The van der Waals surface area contributed by atoms with E-state index in [1.165, 1.54) is 0 Å². The Morgan fingerprint density at radius 3 is 2.39 bits per heavy atom. The van der Waals surface area contributed by atoms with Gasteiger partial charge in [-0.05, 0) is 0 Å². The third kappa shape index (κ3) is 3.04. The molecule has 2 rings (SSSR count). The van der Waals surface area contributed by atoms with E-state index in [4.69, 9.17) is 10.5 Å². The summed E-state index contributed by atoms with van der Waals surface area (Å²) < 4.78 is 5.37. The second kappa shape index (κ2) is 6.22. The zero-order chi connectivity index (χ0) is 13.0. The number of morpholine rings is 1. The van der Waals surface area contributed by atoms with Crippen molar-refractivity contribution < 1.29 is 4.74 Å². The van der Waals surface area contributed by atoms with Crippen molar-refractivity contribution in [3.63, 3.8) is 0 Å². The van der Waals surface area contributed by atoms with Gasteiger partial charge < -0.3 is 10.5 Å². The molecular weight excluding hydrogens is 228 g/mol. The van der Waals surface area contributed by atoms with Gasteiger partial charge in [0.2, 0.25) is 0 Å². The van der Waals surface area contributed by atoms with Crippen molar-refractivity contribution in [1.82, 2.24) is 14.9 Å². The minimum absolute atomic E-state index is 0.204. The van der Waals surface area contributed by atoms with E-state index in [1.807, 2.05) is 12.4 Å². The average molecular weight is 250 g/mol. The number of aromatic nitrogens is 2. The van der Waals surface area contributed by atoms with Crippen LogP contribution in [0.5, 0.6) is 0 Å². The Kier molecular flexibility index (Phi) is 4.63. The smallest absolute Gasteiger partial charge is 0.130 e. The predicted molar refractivity (Wildman–Crippen MR) is 70.3 cm³/mol. The maximum absolute atomic E-state index is 5.90. The Bertz CT molecular complexity index is 360. The van der Waals surface area contributed by atoms with Crippen LogP contribution in [-0.4, -0.2) is 47.7 Å². The highest BCUT2D eigenvalue weighted by Crippen LogP contribution is 2.20. The number of ether oxygens (including phenoxy) is 1. The van der Waals surface area contributed by atoms with Crippen molar-refractivity contribution in [2.24, 2.45) is 5.73 Å². The van der Waals surface area contributed by atoms with Gasteiger partial charge in [-0.2, -0.15) is 0 Å². The average Bonchev–Trinajstić information content (AvgIpc) is 2.41. The summed E-state index contributed by atoms with van der Waals surface area (Å²) in [7, 11) is 0. The first kappa shape index (κ1) is 13.4. The number of hydrogen-bond acceptors (Lipinski definition) is 5. The SMILES string of the molecule is CC(C)c1ncc(C(CN)N2CCOCC2)cn1. The van der Waals surface area contributed by atoms with Crippen LogP contribution in [0.4, 0.5) is 0 Å². The highest BCUT2D eigenvalue weighted by molar-refractivity contribution is 5.13. The zero-order valence-electron chi connectivity index (χ0n) is 11.2. The van der Waals surface area contributed by atoms with Crippen LogP contribution in [0.3, 0.4) is 0 Å². The molecule has 1 saturated heterocycles. The quantitative estimate of drug-likeness (QED) is 0.861. The van der Waals surface area contributed by atoms with Gasteiger partial charge >= 0.3 is 0 Å². The first-order valence-corrected chi connectivity index (χ1v) is 6.56. The van der Waals surface area contributed by atoms with Gasteiger partial charge in [-0.15, -0.1) is 0 Å². The first-order valence-electron chi connectivity index (χ1n) is 6.56. The zero-order valence-corrected chi connectivity index (χ0v) is 11.2. The van der Waals surface area contributed by atoms with E-state index < -0.39 is 0 Å². The summed E-state index contributed by atoms with van der Waals surface area (Å²) in [5, 5.41) is 0. The molecule has 1 aromatic rings. The van der Waals surface area contributed by atoms with Gasteiger partial charge in [0.05, 0.1) is 19.3 Å². The van der Waals surface area contributed by atoms with Crippen LogP contribution in [0.2, 0.25) is 0 Å². The lowest BCUT2D eigenvalue weighted by atomic mass is 10.1. The fourth-order valence-corrected chi connectivity index (χ4v) is 2.20. The van der Waals surface area contributed by atoms with E-state index in [9.17, 15) is 0 Å². The summed E-state index contributed by atoms with van der Waals surface area (Å²) in [5.74, 6) is 1.25. The van der Waals surface area contributed by atoms with Gasteiger partial charge in [0.25, 0.3) is 0 Å². The minimum Gasteiger partial charge on any atom is -0.379 e. The molecule has 100 valence electrons. The molecule has 0 radical (unpaired) electrons. The Balaban J connectivity index is 2.11. The molecule has 0 bridgehead atoms. The summed E-state index contributed by atoms with van der Waals surface area (Å²) >= 11 is 0. The molecule has 0 aromatic carbocycles. The van der Waals surface area contributed by atoms with Crippen LogP contribution in [0.1, 0.15) is 37.2 Å². The molecule has 1 atom stereocenters. The van der Waals surface area contributed by atoms with E-state index in [0.29, 0.717) is 12.5 Å². The lowest BCUT2D eigenvalue weighted by molar-refractivity contribution is 0.0177. The summed E-state index contributed by atoms with van der Waals surface area (Å²) in [6, 6.07) is 0.204. The van der Waals surface area contributed by atoms with E-state index in [2.05, 4.69) is 28.7 Å². The summed E-state index contributed by atoms with van der Waals surface area (Å²) in [6.45, 7) is 8.18. The molecule has 1 fully saturated rings. The summed E-state index contributed by atoms with van der Waals surface area (Å²) in [6.07, 6.45) is 3.82. The van der Waals surface area contributed by atoms with Crippen molar-refractivity contribution in [3.8, 4) is 0 Å². The lowest BCUT2D eigenvalue weighted by Gasteiger charge is -2.33. The second-order valence-electron chi connectivity index (χ2n) is 4.93. The molecule has 18 heavy (non-hydrogen) atoms. The van der Waals surface area contributed by atoms with Crippen LogP contribution in [0.15, 0.2) is 12.4 Å². The van der Waals surface area contributed by atoms with Crippen LogP contribution in [0, 0.1) is 0 Å². The predicted octanol–water partition coefficient (Wildman–Crippen LogP) is 0.932. The van der Waals surface area contributed by atoms with Crippen LogP contribution in [0.25, 0.3) is 0 Å². The number of nitrogens with zero attached hydrogens (tertiary/aromatic N) is 3. The van der Waals surface area contributed by atoms with Crippen LogP contribution >= 0.6 is 0 Å². The molecule has 2 N–H and O–H groups in total. The van der Waals surface area contributed by atoms with E-state index in [1.54, 1.807) is 0 Å². The van der Waals surface area contributed by atoms with E-state index >= 15 is 0 Å². The van der Waals surface area contributed by atoms with Gasteiger partial charge in [0.15, 0.2) is 0 Å². The topological polar surface area (TPSA) is 64.3 Å². The Morgan fingerprint density at radius 2 is 1.89 bits per heavy atom. The number of rotatable bonds is 4. The standard InChI is InChI=1S/C13H22N4O/c1-10(2)13-15-8-11(9-16-13)12(7-14)17-3-5-18-6-4-17/h8-10,12H,3-7,14H2,1-2H3. The van der Waals surface area contributed by atoms with Gasteiger partial charge in [0.1, 0.15) is 5.82 Å². The molecule has 1 aromatic heterocycles. The molecule has 5 nitrogen and oxygen atoms in total. The second-order valence-corrected chi connectivity index (χ2v) is 4.93. The maximum Gasteiger partial charge on any atom is 0.130 e. The number of nitrogens with two attached hydrogens (primary N) is 1. The van der Waals surface area contributed by atoms with Crippen molar-refractivity contribution in [1.29, 1.82) is 0 Å². The maximum atomic E-state index is 5.90. The molecule has 2 heterocycles. The summed E-state index contributed by atoms with van der Waals surface area (Å²) in [4.78, 5) is 11.2. The Hall–Kier alpha value is -1.04. The highest BCUT2D eigenvalue weighted by atomic mass is 16.5. The van der Waals surface area contributed by atoms with Crippen molar-refractivity contribution in [2.75, 3.05) is 32.8 Å². The largest absolute Gasteiger partial charge is 0.379 e. The van der Waals surface area contributed by atoms with Crippen LogP contribution < -0.4 is 5.73 Å². The Labute approximate surface area is 108 Å².